The normalized spacial score (nSPS) is 16.2. The summed E-state index contributed by atoms with van der Waals surface area (Å²) in [5, 5.41) is 0. The Balaban J connectivity index is 0.913. The Bertz CT molecular complexity index is 3760. The molecule has 10 aromatic carbocycles. The molecule has 0 saturated carbocycles. The fraction of sp³-hybridized carbons (Fsp3) is 0.167. The number of hydrogen-bond acceptors (Lipinski definition) is 2. The molecule has 358 valence electrons. The van der Waals surface area contributed by atoms with Gasteiger partial charge in [0.15, 0.2) is 0 Å². The minimum atomic E-state index is -0.293. The highest BCUT2D eigenvalue weighted by Crippen LogP contribution is 2.63. The molecule has 0 bridgehead atoms. The molecule has 0 unspecified atom stereocenters. The summed E-state index contributed by atoms with van der Waals surface area (Å²) in [7, 11) is 0. The highest BCUT2D eigenvalue weighted by Gasteiger charge is 2.48. The molecule has 4 aliphatic heterocycles. The standard InChI is InChI=1S/C72H60N2/c1-69(2)55-29-15-17-31-63(55)73-64-32-18-16-30-56(64)70(3,4)60-42-53(41-59(69)67(60)73)49-27-19-25-47(37-49)48-26-20-28-50(38-48)54-43-61-68-62(44-54)72(7,8)58-40-52(46-23-13-10-14-24-46)34-36-66(58)74(68)65-35-33-51(39-57(65)71(61,5)6)45-21-11-9-12-22-45/h9-44H,1-8H3. The molecule has 2 nitrogen and oxygen atoms in total. The lowest BCUT2D eigenvalue weighted by Gasteiger charge is -2.50. The summed E-state index contributed by atoms with van der Waals surface area (Å²) < 4.78 is 0. The molecule has 0 fully saturated rings. The number of rotatable bonds is 5. The van der Waals surface area contributed by atoms with Crippen molar-refractivity contribution in [3.63, 3.8) is 0 Å². The van der Waals surface area contributed by atoms with Gasteiger partial charge < -0.3 is 9.80 Å². The van der Waals surface area contributed by atoms with E-state index in [0.717, 1.165) is 0 Å². The van der Waals surface area contributed by atoms with Crippen LogP contribution in [0.15, 0.2) is 218 Å². The SMILES string of the molecule is CC1(C)c2ccccc2N2c3ccccc3C(C)(C)c3cc(-c4cccc(-c5cccc(-c6cc7c8c(c6)C(C)(C)c6cc(-c9ccccc9)ccc6N8c6ccc(-c8ccccc8)cc6C7(C)C)c5)c4)cc1c32. The zero-order valence-corrected chi connectivity index (χ0v) is 43.7. The Labute approximate surface area is 437 Å². The number of fused-ring (bicyclic) bond motifs is 8. The maximum Gasteiger partial charge on any atom is 0.0544 e. The van der Waals surface area contributed by atoms with E-state index in [4.69, 9.17) is 0 Å². The molecule has 74 heavy (non-hydrogen) atoms. The zero-order valence-electron chi connectivity index (χ0n) is 43.7. The molecule has 4 heterocycles. The van der Waals surface area contributed by atoms with E-state index in [1.807, 2.05) is 0 Å². The molecule has 0 N–H and O–H groups in total. The van der Waals surface area contributed by atoms with Crippen LogP contribution in [0.5, 0.6) is 0 Å². The number of para-hydroxylation sites is 2. The highest BCUT2D eigenvalue weighted by atomic mass is 15.2. The number of nitrogens with zero attached hydrogens (tertiary/aromatic N) is 2. The summed E-state index contributed by atoms with van der Waals surface area (Å²) in [6.45, 7) is 19.4. The van der Waals surface area contributed by atoms with Crippen LogP contribution in [0.3, 0.4) is 0 Å². The molecule has 0 saturated heterocycles. The lowest BCUT2D eigenvalue weighted by atomic mass is 9.65. The summed E-state index contributed by atoms with van der Waals surface area (Å²) in [5.74, 6) is 0. The van der Waals surface area contributed by atoms with Gasteiger partial charge in [-0.15, -0.1) is 0 Å². The van der Waals surface area contributed by atoms with Crippen LogP contribution in [0.25, 0.3) is 55.6 Å². The molecule has 10 aromatic rings. The Kier molecular flexibility index (Phi) is 9.41. The summed E-state index contributed by atoms with van der Waals surface area (Å²) in [6.07, 6.45) is 0. The predicted molar refractivity (Wildman–Crippen MR) is 312 cm³/mol. The maximum atomic E-state index is 2.59. The quantitative estimate of drug-likeness (QED) is 0.170. The van der Waals surface area contributed by atoms with Crippen molar-refractivity contribution in [3.05, 3.63) is 263 Å². The van der Waals surface area contributed by atoms with Crippen molar-refractivity contribution in [2.75, 3.05) is 9.80 Å². The molecule has 2 heteroatoms. The average Bonchev–Trinajstić information content (AvgIpc) is 3.43. The van der Waals surface area contributed by atoms with Crippen LogP contribution in [0.4, 0.5) is 34.1 Å². The van der Waals surface area contributed by atoms with Gasteiger partial charge in [-0.3, -0.25) is 0 Å². The van der Waals surface area contributed by atoms with Gasteiger partial charge in [0.25, 0.3) is 0 Å². The van der Waals surface area contributed by atoms with E-state index in [1.165, 1.54) is 134 Å². The molecule has 0 spiro atoms. The molecule has 14 rings (SSSR count). The molecule has 0 radical (unpaired) electrons. The van der Waals surface area contributed by atoms with Crippen molar-refractivity contribution < 1.29 is 0 Å². The monoisotopic (exact) mass is 952 g/mol. The number of benzene rings is 10. The van der Waals surface area contributed by atoms with Crippen LogP contribution >= 0.6 is 0 Å². The number of anilines is 6. The Morgan fingerprint density at radius 1 is 0.203 bits per heavy atom. The second-order valence-electron chi connectivity index (χ2n) is 23.4. The van der Waals surface area contributed by atoms with Gasteiger partial charge in [-0.05, 0) is 173 Å². The largest absolute Gasteiger partial charge is 0.309 e. The van der Waals surface area contributed by atoms with E-state index in [2.05, 4.69) is 284 Å². The Hall–Kier alpha value is -8.20. The van der Waals surface area contributed by atoms with Crippen molar-refractivity contribution in [1.82, 2.24) is 0 Å². The molecule has 0 aliphatic carbocycles. The van der Waals surface area contributed by atoms with E-state index in [9.17, 15) is 0 Å². The third kappa shape index (κ3) is 6.30. The van der Waals surface area contributed by atoms with Gasteiger partial charge >= 0.3 is 0 Å². The molecular formula is C72H60N2. The van der Waals surface area contributed by atoms with E-state index >= 15 is 0 Å². The van der Waals surface area contributed by atoms with E-state index < -0.39 is 0 Å². The van der Waals surface area contributed by atoms with Crippen LogP contribution in [0.2, 0.25) is 0 Å². The van der Waals surface area contributed by atoms with Crippen LogP contribution in [-0.4, -0.2) is 0 Å². The topological polar surface area (TPSA) is 6.48 Å². The lowest BCUT2D eigenvalue weighted by Crippen LogP contribution is -2.38. The van der Waals surface area contributed by atoms with Crippen molar-refractivity contribution in [2.45, 2.75) is 77.0 Å². The fourth-order valence-corrected chi connectivity index (χ4v) is 13.5. The first-order valence-corrected chi connectivity index (χ1v) is 26.5. The molecular weight excluding hydrogens is 893 g/mol. The first-order valence-electron chi connectivity index (χ1n) is 26.5. The second kappa shape index (κ2) is 15.7. The third-order valence-corrected chi connectivity index (χ3v) is 17.8. The van der Waals surface area contributed by atoms with Crippen molar-refractivity contribution in [1.29, 1.82) is 0 Å². The molecule has 0 amide bonds. The van der Waals surface area contributed by atoms with Gasteiger partial charge in [-0.25, -0.2) is 0 Å². The van der Waals surface area contributed by atoms with Crippen LogP contribution in [0.1, 0.15) is 99.9 Å². The molecule has 0 atom stereocenters. The highest BCUT2D eigenvalue weighted by molar-refractivity contribution is 5.97. The van der Waals surface area contributed by atoms with Crippen molar-refractivity contribution >= 4 is 34.1 Å². The van der Waals surface area contributed by atoms with Gasteiger partial charge in [0.1, 0.15) is 0 Å². The van der Waals surface area contributed by atoms with Gasteiger partial charge in [0.2, 0.25) is 0 Å². The zero-order chi connectivity index (χ0) is 50.5. The summed E-state index contributed by atoms with van der Waals surface area (Å²) >= 11 is 0. The van der Waals surface area contributed by atoms with E-state index in [0.29, 0.717) is 0 Å². The first kappa shape index (κ1) is 44.5. The smallest absolute Gasteiger partial charge is 0.0544 e. The minimum Gasteiger partial charge on any atom is -0.309 e. The summed E-state index contributed by atoms with van der Waals surface area (Å²) in [6, 6.07) is 82.6. The molecule has 4 aliphatic rings. The second-order valence-corrected chi connectivity index (χ2v) is 23.4. The van der Waals surface area contributed by atoms with E-state index in [-0.39, 0.29) is 21.7 Å². The van der Waals surface area contributed by atoms with Gasteiger partial charge in [-0.2, -0.15) is 0 Å². The summed E-state index contributed by atoms with van der Waals surface area (Å²) in [4.78, 5) is 5.14. The van der Waals surface area contributed by atoms with Crippen molar-refractivity contribution in [2.24, 2.45) is 0 Å². The van der Waals surface area contributed by atoms with Crippen molar-refractivity contribution in [3.8, 4) is 55.6 Å². The van der Waals surface area contributed by atoms with Gasteiger partial charge in [0.05, 0.1) is 34.1 Å². The maximum absolute atomic E-state index is 2.59. The van der Waals surface area contributed by atoms with E-state index in [1.54, 1.807) is 0 Å². The lowest BCUT2D eigenvalue weighted by molar-refractivity contribution is 0.597. The van der Waals surface area contributed by atoms with Crippen LogP contribution < -0.4 is 9.80 Å². The summed E-state index contributed by atoms with van der Waals surface area (Å²) in [5.41, 5.74) is 29.9. The average molecular weight is 953 g/mol. The number of hydrogen-bond donors (Lipinski definition) is 0. The van der Waals surface area contributed by atoms with Crippen LogP contribution in [0, 0.1) is 0 Å². The minimum absolute atomic E-state index is 0.200. The Morgan fingerprint density at radius 3 is 0.851 bits per heavy atom. The van der Waals surface area contributed by atoms with Crippen LogP contribution in [-0.2, 0) is 21.7 Å². The molecule has 0 aromatic heterocycles. The predicted octanol–water partition coefficient (Wildman–Crippen LogP) is 19.5. The third-order valence-electron chi connectivity index (χ3n) is 17.8. The van der Waals surface area contributed by atoms with Gasteiger partial charge in [-0.1, -0.05) is 201 Å². The first-order chi connectivity index (χ1) is 35.7. The Morgan fingerprint density at radius 2 is 0.473 bits per heavy atom. The fourth-order valence-electron chi connectivity index (χ4n) is 13.5. The van der Waals surface area contributed by atoms with Gasteiger partial charge in [0, 0.05) is 21.7 Å².